The number of hydrogen-bond acceptors (Lipinski definition) is 6. The van der Waals surface area contributed by atoms with E-state index < -0.39 is 10.0 Å². The fraction of sp³-hybridized carbons (Fsp3) is 0.235. The second-order valence-corrected chi connectivity index (χ2v) is 6.85. The van der Waals surface area contributed by atoms with Crippen LogP contribution in [0.2, 0.25) is 0 Å². The molecule has 0 radical (unpaired) electrons. The highest BCUT2D eigenvalue weighted by Gasteiger charge is 2.15. The third kappa shape index (κ3) is 5.79. The van der Waals surface area contributed by atoms with E-state index in [4.69, 9.17) is 15.3 Å². The number of benzene rings is 1. The van der Waals surface area contributed by atoms with E-state index in [0.29, 0.717) is 36.3 Å². The van der Waals surface area contributed by atoms with E-state index in [9.17, 15) is 8.42 Å². The summed E-state index contributed by atoms with van der Waals surface area (Å²) < 4.78 is 32.6. The molecular weight excluding hydrogens is 340 g/mol. The van der Waals surface area contributed by atoms with E-state index in [1.807, 2.05) is 12.1 Å². The van der Waals surface area contributed by atoms with Crippen molar-refractivity contribution < 1.29 is 13.2 Å². The first-order chi connectivity index (χ1) is 12.0. The van der Waals surface area contributed by atoms with Gasteiger partial charge in [0.05, 0.1) is 30.1 Å². The van der Waals surface area contributed by atoms with E-state index in [1.54, 1.807) is 36.4 Å². The molecule has 1 N–H and O–H groups in total. The van der Waals surface area contributed by atoms with Crippen LogP contribution in [-0.2, 0) is 15.8 Å². The normalized spacial score (nSPS) is 10.5. The van der Waals surface area contributed by atoms with E-state index in [2.05, 4.69) is 9.71 Å². The molecule has 8 heteroatoms. The van der Waals surface area contributed by atoms with Crippen LogP contribution in [0.4, 0.5) is 5.82 Å². The fourth-order valence-corrected chi connectivity index (χ4v) is 3.15. The molecule has 0 unspecified atom stereocenters. The molecule has 2 rings (SSSR count). The van der Waals surface area contributed by atoms with Crippen molar-refractivity contribution in [3.05, 3.63) is 53.7 Å². The molecular formula is C17H16N4O3S. The summed E-state index contributed by atoms with van der Waals surface area (Å²) in [4.78, 5) is 4.01. The summed E-state index contributed by atoms with van der Waals surface area (Å²) >= 11 is 0. The lowest BCUT2D eigenvalue weighted by molar-refractivity contribution is 0.313. The number of pyridine rings is 1. The molecule has 0 fully saturated rings. The van der Waals surface area contributed by atoms with Gasteiger partial charge in [0.1, 0.15) is 0 Å². The Morgan fingerprint density at radius 3 is 2.60 bits per heavy atom. The SMILES string of the molecule is N#CCCCOc1cccnc1NS(=O)(=O)Cc1ccc(C#N)cc1. The third-order valence-corrected chi connectivity index (χ3v) is 4.37. The van der Waals surface area contributed by atoms with Crippen LogP contribution in [-0.4, -0.2) is 20.0 Å². The zero-order chi connectivity index (χ0) is 18.1. The molecule has 0 aliphatic carbocycles. The van der Waals surface area contributed by atoms with Gasteiger partial charge in [-0.1, -0.05) is 12.1 Å². The van der Waals surface area contributed by atoms with Crippen molar-refractivity contribution in [2.45, 2.75) is 18.6 Å². The predicted octanol–water partition coefficient (Wildman–Crippen LogP) is 2.58. The first-order valence-corrected chi connectivity index (χ1v) is 9.13. The maximum Gasteiger partial charge on any atom is 0.238 e. The van der Waals surface area contributed by atoms with Crippen LogP contribution in [0.25, 0.3) is 0 Å². The van der Waals surface area contributed by atoms with Gasteiger partial charge in [-0.05, 0) is 36.2 Å². The molecule has 1 aromatic heterocycles. The van der Waals surface area contributed by atoms with Gasteiger partial charge in [0.15, 0.2) is 11.6 Å². The van der Waals surface area contributed by atoms with Crippen LogP contribution in [0, 0.1) is 22.7 Å². The second-order valence-electron chi connectivity index (χ2n) is 5.13. The second kappa shape index (κ2) is 8.67. The van der Waals surface area contributed by atoms with Crippen molar-refractivity contribution >= 4 is 15.8 Å². The van der Waals surface area contributed by atoms with Gasteiger partial charge < -0.3 is 4.74 Å². The number of nitrogens with one attached hydrogen (secondary N) is 1. The zero-order valence-electron chi connectivity index (χ0n) is 13.3. The highest BCUT2D eigenvalue weighted by Crippen LogP contribution is 2.23. The Bertz CT molecular complexity index is 897. The van der Waals surface area contributed by atoms with Gasteiger partial charge in [-0.2, -0.15) is 10.5 Å². The van der Waals surface area contributed by atoms with Crippen molar-refractivity contribution in [2.75, 3.05) is 11.3 Å². The summed E-state index contributed by atoms with van der Waals surface area (Å²) in [5, 5.41) is 17.3. The topological polar surface area (TPSA) is 116 Å². The molecule has 7 nitrogen and oxygen atoms in total. The van der Waals surface area contributed by atoms with Gasteiger partial charge in [-0.25, -0.2) is 13.4 Å². The van der Waals surface area contributed by atoms with Crippen molar-refractivity contribution in [3.8, 4) is 17.9 Å². The first kappa shape index (κ1) is 18.2. The molecule has 0 aliphatic rings. The van der Waals surface area contributed by atoms with Crippen LogP contribution in [0.3, 0.4) is 0 Å². The Morgan fingerprint density at radius 2 is 1.92 bits per heavy atom. The Hall–Kier alpha value is -3.10. The van der Waals surface area contributed by atoms with Gasteiger partial charge in [0, 0.05) is 12.6 Å². The summed E-state index contributed by atoms with van der Waals surface area (Å²) in [5.74, 6) is 0.167. The van der Waals surface area contributed by atoms with Crippen molar-refractivity contribution in [1.82, 2.24) is 4.98 Å². The minimum absolute atomic E-state index is 0.105. The summed E-state index contributed by atoms with van der Waals surface area (Å²) in [6.07, 6.45) is 2.37. The van der Waals surface area contributed by atoms with Gasteiger partial charge in [-0.3, -0.25) is 4.72 Å². The Morgan fingerprint density at radius 1 is 1.16 bits per heavy atom. The number of unbranched alkanes of at least 4 members (excludes halogenated alkanes) is 1. The lowest BCUT2D eigenvalue weighted by atomic mass is 10.2. The first-order valence-electron chi connectivity index (χ1n) is 7.48. The summed E-state index contributed by atoms with van der Waals surface area (Å²) in [5.41, 5.74) is 1.02. The van der Waals surface area contributed by atoms with Crippen LogP contribution < -0.4 is 9.46 Å². The molecule has 0 spiro atoms. The van der Waals surface area contributed by atoms with E-state index in [0.717, 1.165) is 0 Å². The Balaban J connectivity index is 2.06. The number of hydrogen-bond donors (Lipinski definition) is 1. The lowest BCUT2D eigenvalue weighted by Gasteiger charge is -2.12. The number of sulfonamides is 1. The molecule has 0 aliphatic heterocycles. The number of ether oxygens (including phenoxy) is 1. The quantitative estimate of drug-likeness (QED) is 0.727. The lowest BCUT2D eigenvalue weighted by Crippen LogP contribution is -2.17. The van der Waals surface area contributed by atoms with Gasteiger partial charge in [0.25, 0.3) is 0 Å². The van der Waals surface area contributed by atoms with Crippen LogP contribution in [0.1, 0.15) is 24.0 Å². The monoisotopic (exact) mass is 356 g/mol. The minimum Gasteiger partial charge on any atom is -0.490 e. The van der Waals surface area contributed by atoms with Gasteiger partial charge in [-0.15, -0.1) is 0 Å². The highest BCUT2D eigenvalue weighted by atomic mass is 32.2. The summed E-state index contributed by atoms with van der Waals surface area (Å²) in [7, 11) is -3.69. The fourth-order valence-electron chi connectivity index (χ4n) is 2.00. The van der Waals surface area contributed by atoms with Crippen LogP contribution >= 0.6 is 0 Å². The number of aromatic nitrogens is 1. The number of nitrogens with zero attached hydrogens (tertiary/aromatic N) is 3. The molecule has 0 saturated heterocycles. The van der Waals surface area contributed by atoms with Gasteiger partial charge >= 0.3 is 0 Å². The number of rotatable bonds is 8. The van der Waals surface area contributed by atoms with E-state index >= 15 is 0 Å². The smallest absolute Gasteiger partial charge is 0.238 e. The molecule has 2 aromatic rings. The maximum absolute atomic E-state index is 12.3. The molecule has 0 bridgehead atoms. The van der Waals surface area contributed by atoms with Crippen molar-refractivity contribution in [1.29, 1.82) is 10.5 Å². The molecule has 1 heterocycles. The average molecular weight is 356 g/mol. The number of nitriles is 2. The standard InChI is InChI=1S/C17H16N4O3S/c18-9-1-2-11-24-16-4-3-10-20-17(16)21-25(22,23)13-15-7-5-14(12-19)6-8-15/h3-8,10H,1-2,11,13H2,(H,20,21). The van der Waals surface area contributed by atoms with Crippen LogP contribution in [0.5, 0.6) is 5.75 Å². The number of anilines is 1. The third-order valence-electron chi connectivity index (χ3n) is 3.15. The van der Waals surface area contributed by atoms with Gasteiger partial charge in [0.2, 0.25) is 10.0 Å². The molecule has 0 atom stereocenters. The molecule has 0 amide bonds. The molecule has 25 heavy (non-hydrogen) atoms. The van der Waals surface area contributed by atoms with Crippen molar-refractivity contribution in [3.63, 3.8) is 0 Å². The molecule has 1 aromatic carbocycles. The Kier molecular flexibility index (Phi) is 6.33. The van der Waals surface area contributed by atoms with Crippen molar-refractivity contribution in [2.24, 2.45) is 0 Å². The summed E-state index contributed by atoms with van der Waals surface area (Å²) in [6.45, 7) is 0.295. The zero-order valence-corrected chi connectivity index (χ0v) is 14.2. The maximum atomic E-state index is 12.3. The van der Waals surface area contributed by atoms with Crippen LogP contribution in [0.15, 0.2) is 42.6 Å². The minimum atomic E-state index is -3.69. The summed E-state index contributed by atoms with van der Waals surface area (Å²) in [6, 6.07) is 13.6. The van der Waals surface area contributed by atoms with E-state index in [1.165, 1.54) is 6.20 Å². The molecule has 0 saturated carbocycles. The van der Waals surface area contributed by atoms with E-state index in [-0.39, 0.29) is 11.6 Å². The largest absolute Gasteiger partial charge is 0.490 e. The predicted molar refractivity (Wildman–Crippen MR) is 92.0 cm³/mol. The highest BCUT2D eigenvalue weighted by molar-refractivity contribution is 7.91. The molecule has 128 valence electrons. The Labute approximate surface area is 146 Å². The average Bonchev–Trinajstić information content (AvgIpc) is 2.60.